The lowest BCUT2D eigenvalue weighted by Gasteiger charge is -2.26. The van der Waals surface area contributed by atoms with E-state index < -0.39 is 56.0 Å². The molecule has 0 aliphatic heterocycles. The van der Waals surface area contributed by atoms with Crippen molar-refractivity contribution < 1.29 is 71.7 Å². The Hall–Kier alpha value is -1.14. The van der Waals surface area contributed by atoms with Gasteiger partial charge >= 0.3 is 37.9 Å². The molecule has 1 atom stereocenters. The van der Waals surface area contributed by atoms with E-state index in [1.165, 1.54) is 0 Å². The van der Waals surface area contributed by atoms with E-state index in [1.807, 2.05) is 0 Å². The van der Waals surface area contributed by atoms with Gasteiger partial charge in [-0.3, -0.25) is 0 Å². The topological polar surface area (TPSA) is 81.5 Å². The van der Waals surface area contributed by atoms with E-state index in [0.29, 0.717) is 0 Å². The first-order valence-electron chi connectivity index (χ1n) is 5.15. The maximum absolute atomic E-state index is 11.9. The highest BCUT2D eigenvalue weighted by molar-refractivity contribution is 4.71. The molecule has 18 heteroatoms. The Morgan fingerprint density at radius 3 is 1.04 bits per heavy atom. The second-order valence-electron chi connectivity index (χ2n) is 3.33. The summed E-state index contributed by atoms with van der Waals surface area (Å²) in [6.07, 6.45) is -8.59. The van der Waals surface area contributed by atoms with Crippen LogP contribution in [0.3, 0.4) is 0 Å². The first-order valence-corrected chi connectivity index (χ1v) is 5.15. The average Bonchev–Trinajstić information content (AvgIpc) is 2.36. The van der Waals surface area contributed by atoms with Gasteiger partial charge in [0.25, 0.3) is 0 Å². The van der Waals surface area contributed by atoms with Crippen LogP contribution in [0, 0.1) is 0 Å². The molecule has 0 amide bonds. The highest BCUT2D eigenvalue weighted by atomic mass is 19.3. The highest BCUT2D eigenvalue weighted by Crippen LogP contribution is 2.29. The first-order chi connectivity index (χ1) is 10.9. The summed E-state index contributed by atoms with van der Waals surface area (Å²) in [6.45, 7) is -13.7. The minimum absolute atomic E-state index is 0. The van der Waals surface area contributed by atoms with E-state index >= 15 is 0 Å². The van der Waals surface area contributed by atoms with Crippen LogP contribution < -0.4 is 11.3 Å². The lowest BCUT2D eigenvalue weighted by molar-refractivity contribution is -0.524. The summed E-state index contributed by atoms with van der Waals surface area (Å²) in [6, 6.07) is -4.83. The Balaban J connectivity index is -0.000000153. The van der Waals surface area contributed by atoms with Gasteiger partial charge in [0.05, 0.1) is 0 Å². The van der Waals surface area contributed by atoms with Gasteiger partial charge in [-0.05, 0) is 0 Å². The molecule has 0 aliphatic carbocycles. The van der Waals surface area contributed by atoms with E-state index in [2.05, 4.69) is 0 Å². The third kappa shape index (κ3) is 14.1. The standard InChI is InChI=1S/C4H4F7N.C3H2F6.CH2FO2.H3N/c5-1-4(10,11)12(2(6)7)3(8)9;4-1(5)3(8,9)2(6)7;2-1(3)4;/h2-3H,1H2;1-2H;1,3H;1H3/q;;-1;. The molecule has 0 fully saturated rings. The zero-order chi connectivity index (χ0) is 21.2. The van der Waals surface area contributed by atoms with Crippen LogP contribution in [-0.4, -0.2) is 61.1 Å². The number of nitrogens with zero attached hydrogens (tertiary/aromatic N) is 1. The summed E-state index contributed by atoms with van der Waals surface area (Å²) in [5.41, 5.74) is 0. The second kappa shape index (κ2) is 14.0. The number of aliphatic hydroxyl groups is 1. The Morgan fingerprint density at radius 1 is 0.769 bits per heavy atom. The third-order valence-corrected chi connectivity index (χ3v) is 1.54. The lowest BCUT2D eigenvalue weighted by atomic mass is 10.4. The van der Waals surface area contributed by atoms with Crippen LogP contribution in [0.15, 0.2) is 0 Å². The normalized spacial score (nSPS) is 13.3. The molecule has 4 nitrogen and oxygen atoms in total. The van der Waals surface area contributed by atoms with Gasteiger partial charge in [0.1, 0.15) is 6.54 Å². The number of halogens is 14. The first kappa shape index (κ1) is 32.5. The van der Waals surface area contributed by atoms with E-state index in [4.69, 9.17) is 10.2 Å². The molecular formula is C8H11F14N2O2-. The molecule has 0 aromatic carbocycles. The Kier molecular flexibility index (Phi) is 17.5. The molecule has 0 heterocycles. The Bertz CT molecular complexity index is 309. The molecule has 0 aliphatic rings. The van der Waals surface area contributed by atoms with Crippen molar-refractivity contribution in [3.05, 3.63) is 0 Å². The van der Waals surface area contributed by atoms with Crippen molar-refractivity contribution in [2.75, 3.05) is 6.67 Å². The second-order valence-corrected chi connectivity index (χ2v) is 3.33. The maximum Gasteiger partial charge on any atom is 0.366 e. The van der Waals surface area contributed by atoms with Gasteiger partial charge in [-0.15, -0.1) is 4.90 Å². The summed E-state index contributed by atoms with van der Waals surface area (Å²) in [5, 5.41) is 15.2. The van der Waals surface area contributed by atoms with Crippen LogP contribution in [0.5, 0.6) is 0 Å². The molecule has 0 bridgehead atoms. The predicted molar refractivity (Wildman–Crippen MR) is 53.9 cm³/mol. The van der Waals surface area contributed by atoms with Gasteiger partial charge in [0.2, 0.25) is 0 Å². The molecule has 164 valence electrons. The fraction of sp³-hybridized carbons (Fsp3) is 1.00. The third-order valence-electron chi connectivity index (χ3n) is 1.54. The van der Waals surface area contributed by atoms with Crippen LogP contribution in [0.4, 0.5) is 61.5 Å². The minimum atomic E-state index is -5.17. The van der Waals surface area contributed by atoms with Gasteiger partial charge in [-0.2, -0.15) is 35.1 Å². The molecule has 0 aromatic rings. The van der Waals surface area contributed by atoms with Crippen LogP contribution in [-0.2, 0) is 0 Å². The maximum atomic E-state index is 11.9. The van der Waals surface area contributed by atoms with Crippen molar-refractivity contribution >= 4 is 0 Å². The summed E-state index contributed by atoms with van der Waals surface area (Å²) >= 11 is 0. The largest absolute Gasteiger partial charge is 0.805 e. The van der Waals surface area contributed by atoms with Gasteiger partial charge in [-0.1, -0.05) is 0 Å². The molecule has 0 saturated heterocycles. The predicted octanol–water partition coefficient (Wildman–Crippen LogP) is 3.20. The lowest BCUT2D eigenvalue weighted by Crippen LogP contribution is -2.49. The molecule has 26 heavy (non-hydrogen) atoms. The Labute approximate surface area is 135 Å². The molecule has 0 spiro atoms. The molecule has 0 radical (unpaired) electrons. The molecule has 4 N–H and O–H groups in total. The van der Waals surface area contributed by atoms with Crippen LogP contribution >= 0.6 is 0 Å². The molecular weight excluding hydrogens is 422 g/mol. The fourth-order valence-electron chi connectivity index (χ4n) is 0.535. The van der Waals surface area contributed by atoms with Gasteiger partial charge in [0.15, 0.2) is 6.67 Å². The molecule has 0 saturated carbocycles. The number of aliphatic hydroxyl groups excluding tert-OH is 1. The number of hydrogen-bond donors (Lipinski definition) is 2. The Morgan fingerprint density at radius 2 is 1.00 bits per heavy atom. The van der Waals surface area contributed by atoms with Crippen LogP contribution in [0.2, 0.25) is 0 Å². The van der Waals surface area contributed by atoms with E-state index in [0.717, 1.165) is 0 Å². The quantitative estimate of drug-likeness (QED) is 0.383. The van der Waals surface area contributed by atoms with Crippen molar-refractivity contribution in [1.29, 1.82) is 0 Å². The van der Waals surface area contributed by atoms with E-state index in [1.54, 1.807) is 0 Å². The minimum Gasteiger partial charge on any atom is -0.805 e. The molecule has 1 unspecified atom stereocenters. The van der Waals surface area contributed by atoms with E-state index in [-0.39, 0.29) is 6.15 Å². The van der Waals surface area contributed by atoms with Crippen molar-refractivity contribution in [3.63, 3.8) is 0 Å². The van der Waals surface area contributed by atoms with Crippen LogP contribution in [0.25, 0.3) is 0 Å². The highest BCUT2D eigenvalue weighted by Gasteiger charge is 2.50. The monoisotopic (exact) mass is 433 g/mol. The van der Waals surface area contributed by atoms with Crippen molar-refractivity contribution in [2.45, 2.75) is 44.5 Å². The average molecular weight is 433 g/mol. The fourth-order valence-corrected chi connectivity index (χ4v) is 0.535. The number of hydrogen-bond acceptors (Lipinski definition) is 4. The summed E-state index contributed by atoms with van der Waals surface area (Å²) < 4.78 is 157. The van der Waals surface area contributed by atoms with Crippen molar-refractivity contribution in [1.82, 2.24) is 11.1 Å². The van der Waals surface area contributed by atoms with Crippen molar-refractivity contribution in [2.24, 2.45) is 0 Å². The van der Waals surface area contributed by atoms with Crippen LogP contribution in [0.1, 0.15) is 0 Å². The molecule has 0 aromatic heterocycles. The van der Waals surface area contributed by atoms with Gasteiger partial charge in [0, 0.05) is 0 Å². The zero-order valence-electron chi connectivity index (χ0n) is 11.9. The molecule has 0 rings (SSSR count). The summed E-state index contributed by atoms with van der Waals surface area (Å²) in [7, 11) is 0. The number of rotatable bonds is 6. The van der Waals surface area contributed by atoms with E-state index in [9.17, 15) is 61.5 Å². The smallest absolute Gasteiger partial charge is 0.366 e. The van der Waals surface area contributed by atoms with Gasteiger partial charge in [-0.25, -0.2) is 26.3 Å². The van der Waals surface area contributed by atoms with Gasteiger partial charge < -0.3 is 16.4 Å². The summed E-state index contributed by atoms with van der Waals surface area (Å²) in [4.78, 5) is -1.80. The SMILES string of the molecule is FC(F)C(F)(F)C(F)F.FCC(F)(F)N(C(F)F)C(F)F.N.[O-]C(O)F. The summed E-state index contributed by atoms with van der Waals surface area (Å²) in [5.74, 6) is -5.17. The van der Waals surface area contributed by atoms with Crippen molar-refractivity contribution in [3.8, 4) is 0 Å². The zero-order valence-corrected chi connectivity index (χ0v) is 11.9. The number of alkyl halides is 14.